The van der Waals surface area contributed by atoms with Crippen LogP contribution in [0, 0.1) is 0 Å². The Bertz CT molecular complexity index is 1010. The van der Waals surface area contributed by atoms with E-state index in [9.17, 15) is 9.90 Å². The van der Waals surface area contributed by atoms with Gasteiger partial charge >= 0.3 is 0 Å². The van der Waals surface area contributed by atoms with E-state index in [0.717, 1.165) is 0 Å². The van der Waals surface area contributed by atoms with Crippen LogP contribution in [0.1, 0.15) is 27.6 Å². The van der Waals surface area contributed by atoms with Gasteiger partial charge in [-0.15, -0.1) is 0 Å². The Morgan fingerprint density at radius 3 is 2.39 bits per heavy atom. The summed E-state index contributed by atoms with van der Waals surface area (Å²) in [7, 11) is 1.42. The van der Waals surface area contributed by atoms with E-state index in [4.69, 9.17) is 39.5 Å². The van der Waals surface area contributed by atoms with Crippen molar-refractivity contribution in [2.75, 3.05) is 12.4 Å². The van der Waals surface area contributed by atoms with Crippen LogP contribution in [0.2, 0.25) is 15.1 Å². The standard InChI is InChI=1S/C21H16Cl3NO3/c1-28-20-16(10-14(23)11-17(20)24)21(27)25-18-8-7-13(22)9-15(18)19(26)12-5-3-2-4-6-12/h2-11,19,26H,1H3,(H,25,27)/t19-/m0/s1. The molecule has 0 aliphatic rings. The number of carbonyl (C=O) groups is 1. The fourth-order valence-corrected chi connectivity index (χ4v) is 3.57. The average molecular weight is 437 g/mol. The number of hydrogen-bond acceptors (Lipinski definition) is 3. The third kappa shape index (κ3) is 4.42. The Morgan fingerprint density at radius 1 is 1.00 bits per heavy atom. The normalized spacial score (nSPS) is 11.8. The van der Waals surface area contributed by atoms with Crippen molar-refractivity contribution in [1.29, 1.82) is 0 Å². The summed E-state index contributed by atoms with van der Waals surface area (Å²) in [4.78, 5) is 12.9. The highest BCUT2D eigenvalue weighted by Crippen LogP contribution is 2.34. The molecule has 3 aromatic carbocycles. The van der Waals surface area contributed by atoms with E-state index in [0.29, 0.717) is 26.9 Å². The first-order valence-electron chi connectivity index (χ1n) is 8.27. The highest BCUT2D eigenvalue weighted by atomic mass is 35.5. The van der Waals surface area contributed by atoms with E-state index in [1.807, 2.05) is 18.2 Å². The maximum Gasteiger partial charge on any atom is 0.259 e. The molecule has 0 aliphatic carbocycles. The highest BCUT2D eigenvalue weighted by Gasteiger charge is 2.20. The zero-order valence-corrected chi connectivity index (χ0v) is 17.0. The van der Waals surface area contributed by atoms with Crippen molar-refractivity contribution in [1.82, 2.24) is 0 Å². The number of anilines is 1. The largest absolute Gasteiger partial charge is 0.494 e. The molecule has 0 heterocycles. The van der Waals surface area contributed by atoms with E-state index in [-0.39, 0.29) is 16.3 Å². The number of aliphatic hydroxyl groups is 1. The van der Waals surface area contributed by atoms with Gasteiger partial charge in [0.15, 0.2) is 0 Å². The Balaban J connectivity index is 1.99. The Hall–Kier alpha value is -2.24. The number of nitrogens with one attached hydrogen (secondary N) is 1. The van der Waals surface area contributed by atoms with Gasteiger partial charge in [0.1, 0.15) is 11.9 Å². The molecule has 0 unspecified atom stereocenters. The zero-order valence-electron chi connectivity index (χ0n) is 14.7. The molecule has 0 fully saturated rings. The summed E-state index contributed by atoms with van der Waals surface area (Å²) in [6.07, 6.45) is -0.972. The predicted octanol–water partition coefficient (Wildman–Crippen LogP) is 5.99. The predicted molar refractivity (Wildman–Crippen MR) is 113 cm³/mol. The van der Waals surface area contributed by atoms with Gasteiger partial charge in [-0.05, 0) is 35.9 Å². The fourth-order valence-electron chi connectivity index (χ4n) is 2.81. The lowest BCUT2D eigenvalue weighted by Crippen LogP contribution is -2.16. The van der Waals surface area contributed by atoms with Crippen LogP contribution in [0.4, 0.5) is 5.69 Å². The number of methoxy groups -OCH3 is 1. The molecular formula is C21H16Cl3NO3. The van der Waals surface area contributed by atoms with Crippen molar-refractivity contribution in [3.05, 3.63) is 92.4 Å². The Morgan fingerprint density at radius 2 is 1.71 bits per heavy atom. The quantitative estimate of drug-likeness (QED) is 0.516. The molecule has 1 amide bonds. The molecule has 7 heteroatoms. The van der Waals surface area contributed by atoms with Gasteiger partial charge in [-0.1, -0.05) is 65.1 Å². The van der Waals surface area contributed by atoms with Crippen LogP contribution in [-0.4, -0.2) is 18.1 Å². The minimum atomic E-state index is -0.972. The number of benzene rings is 3. The van der Waals surface area contributed by atoms with Crippen molar-refractivity contribution < 1.29 is 14.6 Å². The number of rotatable bonds is 5. The fraction of sp³-hybridized carbons (Fsp3) is 0.0952. The van der Waals surface area contributed by atoms with Crippen molar-refractivity contribution >= 4 is 46.4 Å². The second-order valence-corrected chi connectivity index (χ2v) is 7.25. The van der Waals surface area contributed by atoms with Crippen LogP contribution in [-0.2, 0) is 0 Å². The summed E-state index contributed by atoms with van der Waals surface area (Å²) in [5.74, 6) is -0.271. The zero-order chi connectivity index (χ0) is 20.3. The van der Waals surface area contributed by atoms with Gasteiger partial charge in [0.2, 0.25) is 0 Å². The molecule has 0 saturated carbocycles. The number of halogens is 3. The average Bonchev–Trinajstić information content (AvgIpc) is 2.68. The molecule has 0 aromatic heterocycles. The second-order valence-electron chi connectivity index (χ2n) is 5.97. The van der Waals surface area contributed by atoms with Crippen LogP contribution in [0.5, 0.6) is 5.75 Å². The number of ether oxygens (including phenoxy) is 1. The lowest BCUT2D eigenvalue weighted by atomic mass is 9.99. The molecule has 0 bridgehead atoms. The van der Waals surface area contributed by atoms with Gasteiger partial charge in [-0.25, -0.2) is 0 Å². The van der Waals surface area contributed by atoms with Gasteiger partial charge in [0.05, 0.1) is 17.7 Å². The Labute approximate surface area is 177 Å². The molecule has 144 valence electrons. The third-order valence-corrected chi connectivity index (χ3v) is 4.86. The summed E-state index contributed by atoms with van der Waals surface area (Å²) in [6.45, 7) is 0. The number of amides is 1. The summed E-state index contributed by atoms with van der Waals surface area (Å²) in [5, 5.41) is 14.5. The van der Waals surface area contributed by atoms with Gasteiger partial charge in [-0.2, -0.15) is 0 Å². The molecule has 0 saturated heterocycles. The molecule has 3 aromatic rings. The lowest BCUT2D eigenvalue weighted by Gasteiger charge is -2.18. The number of carbonyl (C=O) groups excluding carboxylic acids is 1. The molecule has 0 spiro atoms. The first kappa shape index (κ1) is 20.5. The molecule has 4 nitrogen and oxygen atoms in total. The maximum absolute atomic E-state index is 12.9. The van der Waals surface area contributed by atoms with Crippen LogP contribution in [0.15, 0.2) is 60.7 Å². The number of aliphatic hydroxyl groups excluding tert-OH is 1. The highest BCUT2D eigenvalue weighted by molar-refractivity contribution is 6.36. The van der Waals surface area contributed by atoms with Crippen LogP contribution in [0.3, 0.4) is 0 Å². The first-order chi connectivity index (χ1) is 13.4. The van der Waals surface area contributed by atoms with Crippen LogP contribution < -0.4 is 10.1 Å². The molecule has 0 radical (unpaired) electrons. The lowest BCUT2D eigenvalue weighted by molar-refractivity contribution is 0.102. The molecule has 28 heavy (non-hydrogen) atoms. The van der Waals surface area contributed by atoms with E-state index < -0.39 is 12.0 Å². The van der Waals surface area contributed by atoms with Crippen molar-refractivity contribution in [3.8, 4) is 5.75 Å². The van der Waals surface area contributed by atoms with Crippen LogP contribution >= 0.6 is 34.8 Å². The van der Waals surface area contributed by atoms with Crippen molar-refractivity contribution in [2.24, 2.45) is 0 Å². The third-order valence-electron chi connectivity index (χ3n) is 4.13. The maximum atomic E-state index is 12.9. The SMILES string of the molecule is COc1c(Cl)cc(Cl)cc1C(=O)Nc1ccc(Cl)cc1[C@@H](O)c1ccccc1. The van der Waals surface area contributed by atoms with E-state index in [2.05, 4.69) is 5.32 Å². The molecule has 1 atom stereocenters. The molecule has 0 aliphatic heterocycles. The van der Waals surface area contributed by atoms with E-state index in [1.165, 1.54) is 19.2 Å². The second kappa shape index (κ2) is 8.84. The molecule has 2 N–H and O–H groups in total. The van der Waals surface area contributed by atoms with Gasteiger partial charge < -0.3 is 15.2 Å². The van der Waals surface area contributed by atoms with Gasteiger partial charge in [-0.3, -0.25) is 4.79 Å². The topological polar surface area (TPSA) is 58.6 Å². The summed E-state index contributed by atoms with van der Waals surface area (Å²) in [5.41, 5.74) is 1.71. The molecular weight excluding hydrogens is 421 g/mol. The van der Waals surface area contributed by atoms with Gasteiger partial charge in [0, 0.05) is 21.3 Å². The van der Waals surface area contributed by atoms with Crippen LogP contribution in [0.25, 0.3) is 0 Å². The smallest absolute Gasteiger partial charge is 0.259 e. The van der Waals surface area contributed by atoms with E-state index in [1.54, 1.807) is 30.3 Å². The van der Waals surface area contributed by atoms with E-state index >= 15 is 0 Å². The minimum Gasteiger partial charge on any atom is -0.494 e. The monoisotopic (exact) mass is 435 g/mol. The van der Waals surface area contributed by atoms with Crippen molar-refractivity contribution in [2.45, 2.75) is 6.10 Å². The summed E-state index contributed by atoms with van der Waals surface area (Å²) >= 11 is 18.3. The first-order valence-corrected chi connectivity index (χ1v) is 9.41. The molecule has 3 rings (SSSR count). The van der Waals surface area contributed by atoms with Gasteiger partial charge in [0.25, 0.3) is 5.91 Å². The Kier molecular flexibility index (Phi) is 6.47. The van der Waals surface area contributed by atoms with Crippen molar-refractivity contribution in [3.63, 3.8) is 0 Å². The summed E-state index contributed by atoms with van der Waals surface area (Å²) < 4.78 is 5.23. The minimum absolute atomic E-state index is 0.176. The number of hydrogen-bond donors (Lipinski definition) is 2. The summed E-state index contributed by atoms with van der Waals surface area (Å²) in [6, 6.07) is 16.9.